The Morgan fingerprint density at radius 1 is 1.25 bits per heavy atom. The molecule has 0 unspecified atom stereocenters. The molecule has 0 bridgehead atoms. The topological polar surface area (TPSA) is 69.7 Å². The van der Waals surface area contributed by atoms with Crippen LogP contribution < -0.4 is 5.32 Å². The zero-order chi connectivity index (χ0) is 20.7. The molecule has 8 heteroatoms. The normalized spacial score (nSPS) is 16.5. The fourth-order valence-electron chi connectivity index (χ4n) is 3.44. The van der Waals surface area contributed by atoms with Crippen molar-refractivity contribution in [3.05, 3.63) is 28.8 Å². The number of hydrogen-bond donors (Lipinski definition) is 1. The van der Waals surface area contributed by atoms with Gasteiger partial charge in [0.2, 0.25) is 10.0 Å². The van der Waals surface area contributed by atoms with Crippen molar-refractivity contribution in [2.24, 2.45) is 5.92 Å². The molecule has 1 amide bonds. The number of nitrogens with zero attached hydrogens (tertiary/aromatic N) is 2. The van der Waals surface area contributed by atoms with Gasteiger partial charge in [-0.3, -0.25) is 4.79 Å². The van der Waals surface area contributed by atoms with E-state index in [2.05, 4.69) is 17.1 Å². The molecule has 1 aromatic carbocycles. The Bertz CT molecular complexity index is 758. The van der Waals surface area contributed by atoms with Gasteiger partial charge in [0.1, 0.15) is 0 Å². The maximum Gasteiger partial charge on any atom is 0.252 e. The van der Waals surface area contributed by atoms with E-state index in [1.807, 2.05) is 0 Å². The van der Waals surface area contributed by atoms with E-state index >= 15 is 0 Å². The van der Waals surface area contributed by atoms with Crippen molar-refractivity contribution in [1.29, 1.82) is 0 Å². The fourth-order valence-corrected chi connectivity index (χ4v) is 5.13. The maximum absolute atomic E-state index is 12.7. The van der Waals surface area contributed by atoms with Crippen LogP contribution in [0.3, 0.4) is 0 Å². The minimum Gasteiger partial charge on any atom is -0.352 e. The molecule has 1 saturated heterocycles. The zero-order valence-corrected chi connectivity index (χ0v) is 18.7. The minimum atomic E-state index is -3.63. The van der Waals surface area contributed by atoms with Gasteiger partial charge >= 0.3 is 0 Å². The van der Waals surface area contributed by atoms with E-state index in [-0.39, 0.29) is 21.4 Å². The molecule has 1 N–H and O–H groups in total. The lowest BCUT2D eigenvalue weighted by Crippen LogP contribution is -2.35. The number of amides is 1. The zero-order valence-electron chi connectivity index (χ0n) is 17.1. The number of rotatable bonds is 9. The van der Waals surface area contributed by atoms with Gasteiger partial charge < -0.3 is 10.2 Å². The van der Waals surface area contributed by atoms with Gasteiger partial charge in [-0.1, -0.05) is 32.4 Å². The third-order valence-corrected chi connectivity index (χ3v) is 7.71. The summed E-state index contributed by atoms with van der Waals surface area (Å²) < 4.78 is 26.7. The Hall–Kier alpha value is -1.15. The molecule has 0 aromatic heterocycles. The summed E-state index contributed by atoms with van der Waals surface area (Å²) in [6.07, 6.45) is 3.32. The molecular formula is C20H32ClN3O3S. The first-order valence-electron chi connectivity index (χ1n) is 10.1. The second-order valence-electron chi connectivity index (χ2n) is 7.36. The van der Waals surface area contributed by atoms with Crippen LogP contribution in [0.15, 0.2) is 23.1 Å². The van der Waals surface area contributed by atoms with Gasteiger partial charge in [-0.25, -0.2) is 8.42 Å². The van der Waals surface area contributed by atoms with Gasteiger partial charge in [-0.2, -0.15) is 4.31 Å². The highest BCUT2D eigenvalue weighted by molar-refractivity contribution is 7.89. The van der Waals surface area contributed by atoms with Gasteiger partial charge in [0.25, 0.3) is 5.91 Å². The monoisotopic (exact) mass is 429 g/mol. The van der Waals surface area contributed by atoms with Crippen molar-refractivity contribution >= 4 is 27.5 Å². The largest absolute Gasteiger partial charge is 0.352 e. The van der Waals surface area contributed by atoms with E-state index in [9.17, 15) is 13.2 Å². The van der Waals surface area contributed by atoms with Gasteiger partial charge in [0.15, 0.2) is 0 Å². The van der Waals surface area contributed by atoms with E-state index in [1.165, 1.54) is 35.3 Å². The number of likely N-dealkylation sites (tertiary alicyclic amines) is 1. The van der Waals surface area contributed by atoms with E-state index in [0.29, 0.717) is 19.6 Å². The molecule has 1 aliphatic rings. The molecule has 6 nitrogen and oxygen atoms in total. The number of nitrogens with one attached hydrogen (secondary N) is 1. The molecule has 1 aliphatic heterocycles. The summed E-state index contributed by atoms with van der Waals surface area (Å²) in [4.78, 5) is 15.0. The number of piperidine rings is 1. The fraction of sp³-hybridized carbons (Fsp3) is 0.650. The van der Waals surface area contributed by atoms with Crippen molar-refractivity contribution in [2.45, 2.75) is 44.9 Å². The van der Waals surface area contributed by atoms with E-state index < -0.39 is 10.0 Å². The number of benzene rings is 1. The van der Waals surface area contributed by atoms with Gasteiger partial charge in [0, 0.05) is 19.6 Å². The number of carbonyl (C=O) groups is 1. The Balaban J connectivity index is 1.95. The van der Waals surface area contributed by atoms with Crippen LogP contribution in [0.2, 0.25) is 5.02 Å². The first-order chi connectivity index (χ1) is 13.3. The second-order valence-corrected chi connectivity index (χ2v) is 9.71. The SMILES string of the molecule is CCN(CC)S(=O)(=O)c1ccc(Cl)c(C(=O)NCCCN2CCC(C)CC2)c1. The summed E-state index contributed by atoms with van der Waals surface area (Å²) in [6.45, 7) is 10.3. The predicted octanol–water partition coefficient (Wildman–Crippen LogP) is 3.22. The highest BCUT2D eigenvalue weighted by atomic mass is 35.5. The van der Waals surface area contributed by atoms with Crippen LogP contribution in [0.5, 0.6) is 0 Å². The number of hydrogen-bond acceptors (Lipinski definition) is 4. The van der Waals surface area contributed by atoms with E-state index in [0.717, 1.165) is 32.0 Å². The lowest BCUT2D eigenvalue weighted by atomic mass is 9.99. The predicted molar refractivity (Wildman–Crippen MR) is 113 cm³/mol. The van der Waals surface area contributed by atoms with Crippen LogP contribution in [0.1, 0.15) is 50.4 Å². The number of halogens is 1. The van der Waals surface area contributed by atoms with E-state index in [1.54, 1.807) is 13.8 Å². The average Bonchev–Trinajstić information content (AvgIpc) is 2.67. The van der Waals surface area contributed by atoms with Crippen molar-refractivity contribution in [1.82, 2.24) is 14.5 Å². The Kier molecular flexibility index (Phi) is 8.74. The van der Waals surface area contributed by atoms with Crippen LogP contribution in [-0.4, -0.2) is 62.8 Å². The molecule has 1 heterocycles. The summed E-state index contributed by atoms with van der Waals surface area (Å²) >= 11 is 6.16. The molecule has 28 heavy (non-hydrogen) atoms. The Morgan fingerprint density at radius 2 is 1.89 bits per heavy atom. The molecule has 0 atom stereocenters. The molecular weight excluding hydrogens is 398 g/mol. The minimum absolute atomic E-state index is 0.0909. The standard InChI is InChI=1S/C20H32ClN3O3S/c1-4-24(5-2)28(26,27)17-7-8-19(21)18(15-17)20(25)22-11-6-12-23-13-9-16(3)10-14-23/h7-8,15-16H,4-6,9-14H2,1-3H3,(H,22,25). The van der Waals surface area contributed by atoms with Crippen molar-refractivity contribution in [3.63, 3.8) is 0 Å². The van der Waals surface area contributed by atoms with Crippen LogP contribution >= 0.6 is 11.6 Å². The van der Waals surface area contributed by atoms with Gasteiger partial charge in [-0.05, 0) is 63.0 Å². The van der Waals surface area contributed by atoms with Crippen LogP contribution in [-0.2, 0) is 10.0 Å². The van der Waals surface area contributed by atoms with Crippen molar-refractivity contribution < 1.29 is 13.2 Å². The molecule has 1 fully saturated rings. The van der Waals surface area contributed by atoms with Crippen LogP contribution in [0.4, 0.5) is 0 Å². The summed E-state index contributed by atoms with van der Waals surface area (Å²) in [6, 6.07) is 4.29. The molecule has 0 saturated carbocycles. The summed E-state index contributed by atoms with van der Waals surface area (Å²) in [5.74, 6) is 0.465. The molecule has 0 aliphatic carbocycles. The van der Waals surface area contributed by atoms with Gasteiger partial charge in [0.05, 0.1) is 15.5 Å². The second kappa shape index (κ2) is 10.6. The number of sulfonamides is 1. The summed E-state index contributed by atoms with van der Waals surface area (Å²) in [7, 11) is -3.63. The molecule has 0 spiro atoms. The lowest BCUT2D eigenvalue weighted by molar-refractivity contribution is 0.0950. The number of carbonyl (C=O) groups excluding carboxylic acids is 1. The van der Waals surface area contributed by atoms with Crippen molar-refractivity contribution in [3.8, 4) is 0 Å². The van der Waals surface area contributed by atoms with Crippen LogP contribution in [0.25, 0.3) is 0 Å². The molecule has 1 aromatic rings. The first kappa shape index (κ1) is 23.1. The third kappa shape index (κ3) is 5.92. The maximum atomic E-state index is 12.7. The quantitative estimate of drug-likeness (QED) is 0.612. The van der Waals surface area contributed by atoms with Crippen LogP contribution in [0, 0.1) is 5.92 Å². The Morgan fingerprint density at radius 3 is 2.50 bits per heavy atom. The lowest BCUT2D eigenvalue weighted by Gasteiger charge is -2.30. The molecule has 0 radical (unpaired) electrons. The summed E-state index contributed by atoms with van der Waals surface area (Å²) in [5.41, 5.74) is 0.196. The van der Waals surface area contributed by atoms with Gasteiger partial charge in [-0.15, -0.1) is 0 Å². The smallest absolute Gasteiger partial charge is 0.252 e. The Labute approximate surface area is 174 Å². The highest BCUT2D eigenvalue weighted by Gasteiger charge is 2.24. The first-order valence-corrected chi connectivity index (χ1v) is 11.9. The molecule has 2 rings (SSSR count). The summed E-state index contributed by atoms with van der Waals surface area (Å²) in [5, 5.41) is 3.12. The van der Waals surface area contributed by atoms with E-state index in [4.69, 9.17) is 11.6 Å². The van der Waals surface area contributed by atoms with Crippen molar-refractivity contribution in [2.75, 3.05) is 39.3 Å². The average molecular weight is 430 g/mol. The third-order valence-electron chi connectivity index (χ3n) is 5.34. The molecule has 158 valence electrons. The highest BCUT2D eigenvalue weighted by Crippen LogP contribution is 2.23.